The Balaban J connectivity index is 4.12. The number of hydrogen-bond donors (Lipinski definition) is 0. The molecule has 13 heavy (non-hydrogen) atoms. The summed E-state index contributed by atoms with van der Waals surface area (Å²) in [6.07, 6.45) is 5.96. The molecule has 2 unspecified atom stereocenters. The Labute approximate surface area is 83.7 Å². The van der Waals surface area contributed by atoms with E-state index in [1.54, 1.807) is 0 Å². The third kappa shape index (κ3) is 5.71. The van der Waals surface area contributed by atoms with Gasteiger partial charge in [-0.3, -0.25) is 0 Å². The zero-order chi connectivity index (χ0) is 10.3. The van der Waals surface area contributed by atoms with Crippen molar-refractivity contribution in [1.29, 1.82) is 0 Å². The predicted molar refractivity (Wildman–Crippen MR) is 60.8 cm³/mol. The van der Waals surface area contributed by atoms with Crippen LogP contribution in [0.25, 0.3) is 0 Å². The van der Waals surface area contributed by atoms with Crippen LogP contribution >= 0.6 is 0 Å². The normalized spacial score (nSPS) is 14.5. The lowest BCUT2D eigenvalue weighted by Gasteiger charge is -2.14. The van der Waals surface area contributed by atoms with E-state index in [0.717, 1.165) is 12.3 Å². The molecule has 0 amide bonds. The molecular weight excluding hydrogens is 156 g/mol. The molecule has 0 rings (SSSR count). The molecule has 0 aliphatic heterocycles. The molecule has 2 atom stereocenters. The minimum atomic E-state index is 0.668. The van der Waals surface area contributed by atoms with Crippen molar-refractivity contribution in [1.82, 2.24) is 0 Å². The molecule has 0 aliphatic carbocycles. The number of rotatable bonds is 5. The van der Waals surface area contributed by atoms with Crippen molar-refractivity contribution in [2.75, 3.05) is 0 Å². The fourth-order valence-corrected chi connectivity index (χ4v) is 1.26. The zero-order valence-electron chi connectivity index (χ0n) is 9.85. The molecule has 0 spiro atoms. The molecule has 0 heteroatoms. The summed E-state index contributed by atoms with van der Waals surface area (Å²) in [5.41, 5.74) is 4.72. The van der Waals surface area contributed by atoms with Gasteiger partial charge in [0.25, 0.3) is 0 Å². The summed E-state index contributed by atoms with van der Waals surface area (Å²) in [6, 6.07) is 0. The van der Waals surface area contributed by atoms with E-state index < -0.39 is 0 Å². The maximum absolute atomic E-state index is 3.36. The second-order valence-corrected chi connectivity index (χ2v) is 4.07. The molecule has 0 nitrogen and oxygen atoms in total. The van der Waals surface area contributed by atoms with E-state index in [1.807, 2.05) is 0 Å². The van der Waals surface area contributed by atoms with E-state index in [-0.39, 0.29) is 0 Å². The smallest absolute Gasteiger partial charge is 0.0160 e. The van der Waals surface area contributed by atoms with Crippen LogP contribution < -0.4 is 0 Å². The Morgan fingerprint density at radius 2 is 1.92 bits per heavy atom. The van der Waals surface area contributed by atoms with Gasteiger partial charge in [-0.1, -0.05) is 40.5 Å². The molecule has 0 aromatic heterocycles. The third-order valence-corrected chi connectivity index (χ3v) is 2.76. The summed E-state index contributed by atoms with van der Waals surface area (Å²) < 4.78 is 0. The van der Waals surface area contributed by atoms with Crippen LogP contribution in [0.3, 0.4) is 0 Å². The molecule has 76 valence electrons. The minimum absolute atomic E-state index is 0.668. The molecule has 0 aliphatic rings. The van der Waals surface area contributed by atoms with Gasteiger partial charge in [0.1, 0.15) is 0 Å². The van der Waals surface area contributed by atoms with Crippen LogP contribution in [0.15, 0.2) is 17.4 Å². The second-order valence-electron chi connectivity index (χ2n) is 4.07. The van der Waals surface area contributed by atoms with Gasteiger partial charge in [-0.05, 0) is 36.8 Å². The minimum Gasteiger partial charge on any atom is -0.126 e. The molecule has 0 saturated heterocycles. The summed E-state index contributed by atoms with van der Waals surface area (Å²) in [4.78, 5) is 0. The molecule has 0 bridgehead atoms. The lowest BCUT2D eigenvalue weighted by Crippen LogP contribution is -2.03. The molecule has 0 radical (unpaired) electrons. The first-order valence-electron chi connectivity index (χ1n) is 5.54. The van der Waals surface area contributed by atoms with E-state index in [1.165, 1.54) is 18.4 Å². The van der Waals surface area contributed by atoms with E-state index >= 15 is 0 Å². The standard InChI is InChI=1S/C13H24/c1-6-8-12(4)13(5)10-9-11(3)7-2/h10,12-13H,6-8H2,1-5H3. The summed E-state index contributed by atoms with van der Waals surface area (Å²) in [5.74, 6) is 1.46. The molecule has 0 aromatic carbocycles. The van der Waals surface area contributed by atoms with Gasteiger partial charge in [0.05, 0.1) is 0 Å². The highest BCUT2D eigenvalue weighted by Gasteiger charge is 2.06. The molecule has 0 N–H and O–H groups in total. The van der Waals surface area contributed by atoms with E-state index in [0.29, 0.717) is 5.92 Å². The molecular formula is C13H24. The van der Waals surface area contributed by atoms with Crippen molar-refractivity contribution in [3.63, 3.8) is 0 Å². The highest BCUT2D eigenvalue weighted by atomic mass is 14.1. The van der Waals surface area contributed by atoms with Crippen LogP contribution in [-0.4, -0.2) is 0 Å². The van der Waals surface area contributed by atoms with Gasteiger partial charge in [-0.15, -0.1) is 5.73 Å². The van der Waals surface area contributed by atoms with Crippen molar-refractivity contribution in [3.8, 4) is 0 Å². The number of allylic oxidation sites excluding steroid dienone is 1. The van der Waals surface area contributed by atoms with Crippen molar-refractivity contribution >= 4 is 0 Å². The average molecular weight is 180 g/mol. The van der Waals surface area contributed by atoms with Crippen LogP contribution in [0, 0.1) is 11.8 Å². The summed E-state index contributed by atoms with van der Waals surface area (Å²) in [5, 5.41) is 0. The lowest BCUT2D eigenvalue weighted by atomic mass is 9.92. The van der Waals surface area contributed by atoms with Gasteiger partial charge in [0.15, 0.2) is 0 Å². The third-order valence-electron chi connectivity index (χ3n) is 2.76. The SMILES string of the molecule is CCCC(C)C(C)C=C=C(C)CC. The molecule has 0 fully saturated rings. The monoisotopic (exact) mass is 180 g/mol. The average Bonchev–Trinajstić information content (AvgIpc) is 2.13. The number of hydrogen-bond acceptors (Lipinski definition) is 0. The van der Waals surface area contributed by atoms with Crippen LogP contribution in [-0.2, 0) is 0 Å². The fraction of sp³-hybridized carbons (Fsp3) is 0.769. The first kappa shape index (κ1) is 12.5. The molecule has 0 saturated carbocycles. The van der Waals surface area contributed by atoms with Crippen molar-refractivity contribution in [2.45, 2.75) is 53.9 Å². The zero-order valence-corrected chi connectivity index (χ0v) is 9.85. The van der Waals surface area contributed by atoms with Crippen molar-refractivity contribution in [2.24, 2.45) is 11.8 Å². The summed E-state index contributed by atoms with van der Waals surface area (Å²) in [6.45, 7) is 11.2. The van der Waals surface area contributed by atoms with Crippen molar-refractivity contribution < 1.29 is 0 Å². The summed E-state index contributed by atoms with van der Waals surface area (Å²) >= 11 is 0. The van der Waals surface area contributed by atoms with Gasteiger partial charge in [0.2, 0.25) is 0 Å². The Kier molecular flexibility index (Phi) is 6.72. The van der Waals surface area contributed by atoms with Crippen LogP contribution in [0.5, 0.6) is 0 Å². The highest BCUT2D eigenvalue weighted by Crippen LogP contribution is 2.17. The largest absolute Gasteiger partial charge is 0.126 e. The maximum Gasteiger partial charge on any atom is -0.0160 e. The first-order valence-corrected chi connectivity index (χ1v) is 5.54. The van der Waals surface area contributed by atoms with E-state index in [2.05, 4.69) is 46.4 Å². The Morgan fingerprint density at radius 3 is 2.38 bits per heavy atom. The fourth-order valence-electron chi connectivity index (χ4n) is 1.26. The quantitative estimate of drug-likeness (QED) is 0.544. The van der Waals surface area contributed by atoms with Crippen molar-refractivity contribution in [3.05, 3.63) is 17.4 Å². The first-order chi connectivity index (χ1) is 6.11. The van der Waals surface area contributed by atoms with E-state index in [9.17, 15) is 0 Å². The van der Waals surface area contributed by atoms with E-state index in [4.69, 9.17) is 0 Å². The summed E-state index contributed by atoms with van der Waals surface area (Å²) in [7, 11) is 0. The van der Waals surface area contributed by atoms with Crippen LogP contribution in [0.4, 0.5) is 0 Å². The lowest BCUT2D eigenvalue weighted by molar-refractivity contribution is 0.424. The van der Waals surface area contributed by atoms with Gasteiger partial charge in [-0.25, -0.2) is 0 Å². The Morgan fingerprint density at radius 1 is 1.31 bits per heavy atom. The second kappa shape index (κ2) is 6.97. The van der Waals surface area contributed by atoms with Crippen LogP contribution in [0.1, 0.15) is 53.9 Å². The predicted octanol–water partition coefficient (Wildman–Crippen LogP) is 4.57. The Hall–Kier alpha value is -0.480. The highest BCUT2D eigenvalue weighted by molar-refractivity contribution is 4.99. The van der Waals surface area contributed by atoms with Crippen LogP contribution in [0.2, 0.25) is 0 Å². The Bertz CT molecular complexity index is 182. The maximum atomic E-state index is 3.36. The van der Waals surface area contributed by atoms with Gasteiger partial charge >= 0.3 is 0 Å². The topological polar surface area (TPSA) is 0 Å². The molecule has 0 heterocycles. The molecule has 0 aromatic rings. The van der Waals surface area contributed by atoms with Gasteiger partial charge in [0, 0.05) is 0 Å². The van der Waals surface area contributed by atoms with Gasteiger partial charge < -0.3 is 0 Å². The van der Waals surface area contributed by atoms with Gasteiger partial charge in [-0.2, -0.15) is 0 Å².